The van der Waals surface area contributed by atoms with E-state index in [9.17, 15) is 4.79 Å². The maximum Gasteiger partial charge on any atom is 0.268 e. The maximum absolute atomic E-state index is 13.1. The van der Waals surface area contributed by atoms with E-state index in [0.29, 0.717) is 27.7 Å². The van der Waals surface area contributed by atoms with Crippen molar-refractivity contribution in [3.05, 3.63) is 64.3 Å². The number of nitrogens with one attached hydrogen (secondary N) is 1. The molecule has 2 aliphatic heterocycles. The molecule has 35 heavy (non-hydrogen) atoms. The Hall–Kier alpha value is -3.07. The van der Waals surface area contributed by atoms with Crippen molar-refractivity contribution in [2.24, 2.45) is 0 Å². The van der Waals surface area contributed by atoms with Gasteiger partial charge in [-0.2, -0.15) is 4.98 Å². The van der Waals surface area contributed by atoms with Crippen LogP contribution in [0, 0.1) is 0 Å². The van der Waals surface area contributed by atoms with E-state index in [-0.39, 0.29) is 24.1 Å². The molecule has 1 aromatic heterocycles. The number of amides is 1. The number of halogens is 2. The summed E-state index contributed by atoms with van der Waals surface area (Å²) in [4.78, 5) is 27.9. The molecule has 0 spiro atoms. The molecule has 1 fully saturated rings. The number of aromatic nitrogens is 2. The summed E-state index contributed by atoms with van der Waals surface area (Å²) < 4.78 is 5.76. The van der Waals surface area contributed by atoms with Crippen molar-refractivity contribution >= 4 is 52.1 Å². The molecule has 182 valence electrons. The highest BCUT2D eigenvalue weighted by Crippen LogP contribution is 2.37. The number of carbonyl (C=O) groups is 1. The zero-order chi connectivity index (χ0) is 24.5. The van der Waals surface area contributed by atoms with Crippen LogP contribution in [-0.2, 0) is 0 Å². The van der Waals surface area contributed by atoms with Gasteiger partial charge in [-0.15, -0.1) is 0 Å². The summed E-state index contributed by atoms with van der Waals surface area (Å²) >= 11 is 12.5. The summed E-state index contributed by atoms with van der Waals surface area (Å²) in [5.41, 5.74) is 2.70. The van der Waals surface area contributed by atoms with Gasteiger partial charge in [0.1, 0.15) is 5.56 Å². The molecule has 1 amide bonds. The Kier molecular flexibility index (Phi) is 6.69. The van der Waals surface area contributed by atoms with Crippen LogP contribution in [0.5, 0.6) is 5.88 Å². The molecule has 3 heterocycles. The lowest BCUT2D eigenvalue weighted by molar-refractivity contribution is 0.0932. The van der Waals surface area contributed by atoms with E-state index in [0.717, 1.165) is 31.6 Å². The van der Waals surface area contributed by atoms with E-state index in [4.69, 9.17) is 27.9 Å². The van der Waals surface area contributed by atoms with Gasteiger partial charge in [-0.25, -0.2) is 4.98 Å². The molecule has 1 saturated heterocycles. The highest BCUT2D eigenvalue weighted by molar-refractivity contribution is 6.40. The molecule has 1 N–H and O–H groups in total. The van der Waals surface area contributed by atoms with Gasteiger partial charge in [-0.3, -0.25) is 9.69 Å². The molecule has 0 bridgehead atoms. The first-order valence-corrected chi connectivity index (χ1v) is 12.2. The van der Waals surface area contributed by atoms with Gasteiger partial charge in [0, 0.05) is 36.7 Å². The Balaban J connectivity index is 1.26. The third kappa shape index (κ3) is 4.87. The molecule has 3 aromatic rings. The fraction of sp³-hybridized carbons (Fsp3) is 0.320. The molecular weight excluding hydrogens is 487 g/mol. The molecule has 2 aliphatic rings. The SMILES string of the molecule is CN(C)C1CCN(c2ccc(Nc3ncc4c(n3)OCN(c3c(Cl)cccc3Cl)C4=O)cc2)CC1. The summed E-state index contributed by atoms with van der Waals surface area (Å²) in [6, 6.07) is 13.9. The number of para-hydroxylation sites is 1. The average molecular weight is 513 g/mol. The number of hydrogen-bond acceptors (Lipinski definition) is 7. The summed E-state index contributed by atoms with van der Waals surface area (Å²) in [7, 11) is 4.30. The highest BCUT2D eigenvalue weighted by atomic mass is 35.5. The van der Waals surface area contributed by atoms with Crippen molar-refractivity contribution in [2.75, 3.05) is 49.0 Å². The molecule has 5 rings (SSSR count). The van der Waals surface area contributed by atoms with Crippen LogP contribution in [0.15, 0.2) is 48.7 Å². The van der Waals surface area contributed by atoms with Gasteiger partial charge in [0.15, 0.2) is 6.73 Å². The summed E-state index contributed by atoms with van der Waals surface area (Å²) in [6.45, 7) is 2.04. The molecule has 2 aromatic carbocycles. The van der Waals surface area contributed by atoms with Crippen molar-refractivity contribution in [3.8, 4) is 5.88 Å². The number of hydrogen-bond donors (Lipinski definition) is 1. The van der Waals surface area contributed by atoms with E-state index >= 15 is 0 Å². The Labute approximate surface area is 214 Å². The second-order valence-electron chi connectivity index (χ2n) is 8.84. The minimum atomic E-state index is -0.324. The van der Waals surface area contributed by atoms with Crippen LogP contribution in [0.3, 0.4) is 0 Å². The Morgan fingerprint density at radius 3 is 2.40 bits per heavy atom. The molecule has 0 unspecified atom stereocenters. The number of anilines is 4. The molecule has 0 aliphatic carbocycles. The molecular formula is C25H26Cl2N6O2. The van der Waals surface area contributed by atoms with Gasteiger partial charge >= 0.3 is 0 Å². The fourth-order valence-electron chi connectivity index (χ4n) is 4.45. The predicted octanol–water partition coefficient (Wildman–Crippen LogP) is 5.05. The van der Waals surface area contributed by atoms with E-state index in [2.05, 4.69) is 51.3 Å². The van der Waals surface area contributed by atoms with E-state index in [1.54, 1.807) is 18.2 Å². The van der Waals surface area contributed by atoms with Crippen LogP contribution in [0.25, 0.3) is 0 Å². The fourth-order valence-corrected chi connectivity index (χ4v) is 5.05. The van der Waals surface area contributed by atoms with Crippen LogP contribution in [0.1, 0.15) is 23.2 Å². The topological polar surface area (TPSA) is 73.8 Å². The Morgan fingerprint density at radius 2 is 1.74 bits per heavy atom. The van der Waals surface area contributed by atoms with E-state index in [1.807, 2.05) is 12.1 Å². The van der Waals surface area contributed by atoms with Gasteiger partial charge in [0.05, 0.1) is 15.7 Å². The smallest absolute Gasteiger partial charge is 0.268 e. The highest BCUT2D eigenvalue weighted by Gasteiger charge is 2.31. The van der Waals surface area contributed by atoms with Crippen LogP contribution in [0.4, 0.5) is 23.0 Å². The van der Waals surface area contributed by atoms with Crippen molar-refractivity contribution < 1.29 is 9.53 Å². The minimum Gasteiger partial charge on any atom is -0.455 e. The van der Waals surface area contributed by atoms with E-state index < -0.39 is 0 Å². The summed E-state index contributed by atoms with van der Waals surface area (Å²) in [6.07, 6.45) is 3.77. The quantitative estimate of drug-likeness (QED) is 0.512. The van der Waals surface area contributed by atoms with Crippen LogP contribution in [-0.4, -0.2) is 60.7 Å². The lowest BCUT2D eigenvalue weighted by Crippen LogP contribution is -2.41. The normalized spacial score (nSPS) is 16.3. The average Bonchev–Trinajstić information content (AvgIpc) is 2.86. The van der Waals surface area contributed by atoms with Crippen LogP contribution in [0.2, 0.25) is 10.0 Å². The maximum atomic E-state index is 13.1. The minimum absolute atomic E-state index is 0.0506. The first kappa shape index (κ1) is 23.7. The van der Waals surface area contributed by atoms with Gasteiger partial charge in [0.25, 0.3) is 5.91 Å². The number of piperidine rings is 1. The zero-order valence-corrected chi connectivity index (χ0v) is 21.1. The number of rotatable bonds is 5. The zero-order valence-electron chi connectivity index (χ0n) is 19.5. The van der Waals surface area contributed by atoms with Crippen molar-refractivity contribution in [3.63, 3.8) is 0 Å². The lowest BCUT2D eigenvalue weighted by Gasteiger charge is -2.36. The number of carbonyl (C=O) groups excluding carboxylic acids is 1. The monoisotopic (exact) mass is 512 g/mol. The second kappa shape index (κ2) is 9.89. The lowest BCUT2D eigenvalue weighted by atomic mass is 10.0. The number of ether oxygens (including phenoxy) is 1. The van der Waals surface area contributed by atoms with Gasteiger partial charge in [0.2, 0.25) is 11.8 Å². The largest absolute Gasteiger partial charge is 0.455 e. The van der Waals surface area contributed by atoms with Crippen LogP contribution >= 0.6 is 23.2 Å². The second-order valence-corrected chi connectivity index (χ2v) is 9.66. The number of nitrogens with zero attached hydrogens (tertiary/aromatic N) is 5. The van der Waals surface area contributed by atoms with Gasteiger partial charge in [-0.1, -0.05) is 29.3 Å². The summed E-state index contributed by atoms with van der Waals surface area (Å²) in [5.74, 6) is 0.239. The Bertz CT molecular complexity index is 1210. The molecule has 10 heteroatoms. The first-order chi connectivity index (χ1) is 16.9. The van der Waals surface area contributed by atoms with Crippen molar-refractivity contribution in [2.45, 2.75) is 18.9 Å². The number of benzene rings is 2. The van der Waals surface area contributed by atoms with Gasteiger partial charge in [-0.05, 0) is 63.3 Å². The Morgan fingerprint density at radius 1 is 1.06 bits per heavy atom. The molecule has 0 atom stereocenters. The molecule has 8 nitrogen and oxygen atoms in total. The standard InChI is InChI=1S/C25H26Cl2N6O2/c1-31(2)17-10-12-32(13-11-17)18-8-6-16(7-9-18)29-25-28-14-19-23(30-25)35-15-33(24(19)34)22-20(26)4-3-5-21(22)27/h3-9,14,17H,10-13,15H2,1-2H3,(H,28,29,30). The van der Waals surface area contributed by atoms with Crippen molar-refractivity contribution in [1.29, 1.82) is 0 Å². The first-order valence-electron chi connectivity index (χ1n) is 11.4. The van der Waals surface area contributed by atoms with Crippen molar-refractivity contribution in [1.82, 2.24) is 14.9 Å². The van der Waals surface area contributed by atoms with Gasteiger partial charge < -0.3 is 19.9 Å². The summed E-state index contributed by atoms with van der Waals surface area (Å²) in [5, 5.41) is 3.91. The predicted molar refractivity (Wildman–Crippen MR) is 139 cm³/mol. The molecule has 0 saturated carbocycles. The van der Waals surface area contributed by atoms with Crippen LogP contribution < -0.4 is 19.9 Å². The molecule has 0 radical (unpaired) electrons. The third-order valence-electron chi connectivity index (χ3n) is 6.45. The number of fused-ring (bicyclic) bond motifs is 1. The van der Waals surface area contributed by atoms with E-state index in [1.165, 1.54) is 16.8 Å². The third-order valence-corrected chi connectivity index (χ3v) is 7.06.